The normalized spacial score (nSPS) is 20.7. The van der Waals surface area contributed by atoms with Crippen molar-refractivity contribution in [3.63, 3.8) is 0 Å². The van der Waals surface area contributed by atoms with Crippen molar-refractivity contribution in [2.75, 3.05) is 4.90 Å². The lowest BCUT2D eigenvalue weighted by Crippen LogP contribution is -2.33. The molecule has 4 aliphatic rings. The lowest BCUT2D eigenvalue weighted by Gasteiger charge is -2.32. The van der Waals surface area contributed by atoms with Crippen LogP contribution in [0.5, 0.6) is 0 Å². The van der Waals surface area contributed by atoms with Crippen molar-refractivity contribution in [2.24, 2.45) is 11.8 Å². The number of para-hydroxylation sites is 1. The first kappa shape index (κ1) is 31.3. The third-order valence-electron chi connectivity index (χ3n) is 11.2. The number of nitrogens with zero attached hydrogens (tertiary/aromatic N) is 2. The van der Waals surface area contributed by atoms with E-state index in [4.69, 9.17) is 4.98 Å². The number of fused-ring (bicyclic) bond motifs is 3. The van der Waals surface area contributed by atoms with Gasteiger partial charge in [-0.3, -0.25) is 0 Å². The highest BCUT2D eigenvalue weighted by atomic mass is 15.1. The van der Waals surface area contributed by atoms with Gasteiger partial charge in [0.1, 0.15) is 0 Å². The molecule has 0 spiro atoms. The van der Waals surface area contributed by atoms with Crippen LogP contribution in [0, 0.1) is 11.8 Å². The highest BCUT2D eigenvalue weighted by molar-refractivity contribution is 5.84. The summed E-state index contributed by atoms with van der Waals surface area (Å²) in [4.78, 5) is 7.33. The summed E-state index contributed by atoms with van der Waals surface area (Å²) in [6.07, 6.45) is 24.4. The molecule has 1 aromatic heterocycles. The SMILES string of the molecule is CCC1C(c2ccc(N(c3ccc(C4=CC=C5CCCCC5N4)cc3)c3ccc(-c4ccc5ccccc5n4)cc3)cc2)=CC=C2C=CC=C[C@@H]21. The summed E-state index contributed by atoms with van der Waals surface area (Å²) in [6.45, 7) is 2.31. The van der Waals surface area contributed by atoms with Gasteiger partial charge in [-0.2, -0.15) is 0 Å². The fourth-order valence-corrected chi connectivity index (χ4v) is 8.45. The van der Waals surface area contributed by atoms with Crippen LogP contribution in [-0.2, 0) is 0 Å². The quantitative estimate of drug-likeness (QED) is 0.188. The van der Waals surface area contributed by atoms with Crippen molar-refractivity contribution in [1.82, 2.24) is 10.3 Å². The lowest BCUT2D eigenvalue weighted by atomic mass is 9.72. The topological polar surface area (TPSA) is 28.2 Å². The van der Waals surface area contributed by atoms with Crippen molar-refractivity contribution in [3.05, 3.63) is 180 Å². The molecule has 3 heteroatoms. The molecule has 3 atom stereocenters. The van der Waals surface area contributed by atoms with Crippen LogP contribution < -0.4 is 10.2 Å². The standard InChI is InChI=1S/C48H43N3/c1-2-42-43-12-6-3-9-33(43)21-30-44(42)34-15-24-39(25-16-34)51(40-26-17-37(18-27-40)47-31-22-35-10-4-7-13-45(35)49-47)41-28-19-38(20-29-41)48-32-23-36-11-5-8-14-46(36)50-48/h3-4,6-7,9-10,12-13,15-32,42-43,46,50H,2,5,8,11,14H2,1H3/t42?,43-,46?/m0/s1. The Hall–Kier alpha value is -5.67. The molecule has 2 heterocycles. The Morgan fingerprint density at radius 1 is 0.686 bits per heavy atom. The van der Waals surface area contributed by atoms with E-state index in [2.05, 4.69) is 169 Å². The summed E-state index contributed by atoms with van der Waals surface area (Å²) in [5.41, 5.74) is 14.6. The predicted molar refractivity (Wildman–Crippen MR) is 215 cm³/mol. The van der Waals surface area contributed by atoms with Gasteiger partial charge >= 0.3 is 0 Å². The highest BCUT2D eigenvalue weighted by Crippen LogP contribution is 2.43. The molecule has 3 nitrogen and oxygen atoms in total. The molecule has 2 unspecified atom stereocenters. The van der Waals surface area contributed by atoms with E-state index in [-0.39, 0.29) is 0 Å². The molecule has 0 bridgehead atoms. The minimum absolute atomic E-state index is 0.444. The minimum Gasteiger partial charge on any atom is -0.378 e. The summed E-state index contributed by atoms with van der Waals surface area (Å²) in [5.74, 6) is 0.915. The second-order valence-corrected chi connectivity index (χ2v) is 14.2. The first-order valence-corrected chi connectivity index (χ1v) is 18.6. The van der Waals surface area contributed by atoms with E-state index in [1.54, 1.807) is 5.57 Å². The van der Waals surface area contributed by atoms with Crippen molar-refractivity contribution < 1.29 is 0 Å². The summed E-state index contributed by atoms with van der Waals surface area (Å²) in [7, 11) is 0. The number of anilines is 3. The van der Waals surface area contributed by atoms with Crippen LogP contribution in [0.25, 0.3) is 33.4 Å². The van der Waals surface area contributed by atoms with Crippen LogP contribution in [0.1, 0.15) is 50.2 Å². The Bertz CT molecular complexity index is 2260. The monoisotopic (exact) mass is 661 g/mol. The molecule has 0 amide bonds. The van der Waals surface area contributed by atoms with E-state index in [9.17, 15) is 0 Å². The highest BCUT2D eigenvalue weighted by Gasteiger charge is 2.28. The molecule has 9 rings (SSSR count). The van der Waals surface area contributed by atoms with E-state index < -0.39 is 0 Å². The number of dihydropyridines is 1. The maximum absolute atomic E-state index is 4.96. The lowest BCUT2D eigenvalue weighted by molar-refractivity contribution is 0.496. The predicted octanol–water partition coefficient (Wildman–Crippen LogP) is 12.3. The van der Waals surface area contributed by atoms with Gasteiger partial charge in [0.05, 0.1) is 11.2 Å². The Balaban J connectivity index is 1.06. The van der Waals surface area contributed by atoms with Gasteiger partial charge in [0.15, 0.2) is 0 Å². The molecule has 5 aromatic rings. The molecule has 250 valence electrons. The zero-order valence-corrected chi connectivity index (χ0v) is 29.2. The Kier molecular flexibility index (Phi) is 8.33. The van der Waals surface area contributed by atoms with Crippen LogP contribution in [-0.4, -0.2) is 11.0 Å². The van der Waals surface area contributed by atoms with Crippen molar-refractivity contribution in [1.29, 1.82) is 0 Å². The molecule has 1 aliphatic heterocycles. The number of allylic oxidation sites excluding steroid dienone is 10. The fraction of sp³-hybridized carbons (Fsp3) is 0.188. The molecular weight excluding hydrogens is 619 g/mol. The number of rotatable bonds is 7. The minimum atomic E-state index is 0.444. The van der Waals surface area contributed by atoms with Gasteiger partial charge in [-0.1, -0.05) is 117 Å². The van der Waals surface area contributed by atoms with Gasteiger partial charge in [-0.05, 0) is 114 Å². The van der Waals surface area contributed by atoms with E-state index in [1.165, 1.54) is 53.7 Å². The summed E-state index contributed by atoms with van der Waals surface area (Å²) >= 11 is 0. The van der Waals surface area contributed by atoms with Crippen molar-refractivity contribution in [2.45, 2.75) is 45.1 Å². The van der Waals surface area contributed by atoms with E-state index >= 15 is 0 Å². The van der Waals surface area contributed by atoms with Crippen molar-refractivity contribution in [3.8, 4) is 11.3 Å². The van der Waals surface area contributed by atoms with Crippen LogP contribution in [0.15, 0.2) is 169 Å². The fourth-order valence-electron chi connectivity index (χ4n) is 8.45. The van der Waals surface area contributed by atoms with Crippen LogP contribution in [0.4, 0.5) is 17.1 Å². The van der Waals surface area contributed by atoms with Gasteiger partial charge in [0, 0.05) is 45.7 Å². The van der Waals surface area contributed by atoms with Gasteiger partial charge in [0.2, 0.25) is 0 Å². The van der Waals surface area contributed by atoms with E-state index in [0.717, 1.165) is 45.6 Å². The third-order valence-corrected chi connectivity index (χ3v) is 11.2. The number of nitrogens with one attached hydrogen (secondary N) is 1. The molecule has 0 saturated heterocycles. The molecule has 1 saturated carbocycles. The molecule has 4 aromatic carbocycles. The molecule has 51 heavy (non-hydrogen) atoms. The number of hydrogen-bond acceptors (Lipinski definition) is 3. The Labute approximate surface area is 301 Å². The van der Waals surface area contributed by atoms with Crippen LogP contribution in [0.3, 0.4) is 0 Å². The number of pyridine rings is 1. The van der Waals surface area contributed by atoms with Gasteiger partial charge in [-0.15, -0.1) is 0 Å². The molecule has 1 N–H and O–H groups in total. The molecular formula is C48H43N3. The molecule has 1 fully saturated rings. The zero-order chi connectivity index (χ0) is 34.1. The first-order valence-electron chi connectivity index (χ1n) is 18.6. The van der Waals surface area contributed by atoms with E-state index in [1.807, 2.05) is 6.07 Å². The van der Waals surface area contributed by atoms with Gasteiger partial charge in [0.25, 0.3) is 0 Å². The van der Waals surface area contributed by atoms with Crippen LogP contribution >= 0.6 is 0 Å². The first-order chi connectivity index (χ1) is 25.2. The molecule has 0 radical (unpaired) electrons. The van der Waals surface area contributed by atoms with Crippen LogP contribution in [0.2, 0.25) is 0 Å². The summed E-state index contributed by atoms with van der Waals surface area (Å²) in [5, 5.41) is 4.99. The third kappa shape index (κ3) is 6.08. The summed E-state index contributed by atoms with van der Waals surface area (Å²) < 4.78 is 0. The molecule has 3 aliphatic carbocycles. The number of benzene rings is 4. The smallest absolute Gasteiger partial charge is 0.0709 e. The number of aromatic nitrogens is 1. The van der Waals surface area contributed by atoms with E-state index in [0.29, 0.717) is 17.9 Å². The van der Waals surface area contributed by atoms with Gasteiger partial charge in [-0.25, -0.2) is 4.98 Å². The summed E-state index contributed by atoms with van der Waals surface area (Å²) in [6, 6.07) is 40.1. The number of hydrogen-bond donors (Lipinski definition) is 1. The van der Waals surface area contributed by atoms with Crippen molar-refractivity contribution >= 4 is 39.2 Å². The maximum Gasteiger partial charge on any atom is 0.0709 e. The Morgan fingerprint density at radius 2 is 1.41 bits per heavy atom. The second kappa shape index (κ2) is 13.6. The maximum atomic E-state index is 4.96. The average molecular weight is 662 g/mol. The zero-order valence-electron chi connectivity index (χ0n) is 29.2. The Morgan fingerprint density at radius 3 is 2.18 bits per heavy atom. The second-order valence-electron chi connectivity index (χ2n) is 14.2. The largest absolute Gasteiger partial charge is 0.378 e. The van der Waals surface area contributed by atoms with Gasteiger partial charge < -0.3 is 10.2 Å². The average Bonchev–Trinajstić information content (AvgIpc) is 3.21.